The molecule has 19 heavy (non-hydrogen) atoms. The molecule has 0 fully saturated rings. The zero-order chi connectivity index (χ0) is 13.8. The zero-order valence-corrected chi connectivity index (χ0v) is 11.0. The molecule has 1 atom stereocenters. The first kappa shape index (κ1) is 13.5. The van der Waals surface area contributed by atoms with E-state index in [1.165, 1.54) is 12.1 Å². The van der Waals surface area contributed by atoms with Gasteiger partial charge < -0.3 is 5.32 Å². The average Bonchev–Trinajstić information content (AvgIpc) is 2.39. The van der Waals surface area contributed by atoms with Crippen molar-refractivity contribution in [3.63, 3.8) is 0 Å². The summed E-state index contributed by atoms with van der Waals surface area (Å²) in [6.07, 6.45) is 0. The number of halogens is 2. The lowest BCUT2D eigenvalue weighted by atomic mass is 10.1. The van der Waals surface area contributed by atoms with Crippen molar-refractivity contribution in [2.75, 3.05) is 0 Å². The summed E-state index contributed by atoms with van der Waals surface area (Å²) in [6.45, 7) is 1.82. The summed E-state index contributed by atoms with van der Waals surface area (Å²) >= 11 is 5.73. The number of nitrogens with one attached hydrogen (secondary N) is 1. The number of amides is 1. The van der Waals surface area contributed by atoms with E-state index in [-0.39, 0.29) is 28.6 Å². The first-order valence-electron chi connectivity index (χ1n) is 5.75. The number of benzene rings is 1. The highest BCUT2D eigenvalue weighted by Crippen LogP contribution is 2.14. The molecule has 0 aliphatic rings. The second-order valence-corrected chi connectivity index (χ2v) is 4.48. The number of carbonyl (C=O) groups excluding carboxylic acids is 1. The largest absolute Gasteiger partial charge is 0.344 e. The van der Waals surface area contributed by atoms with Crippen molar-refractivity contribution in [2.24, 2.45) is 0 Å². The lowest BCUT2D eigenvalue weighted by Gasteiger charge is -2.14. The van der Waals surface area contributed by atoms with Crippen molar-refractivity contribution in [3.05, 3.63) is 64.7 Å². The van der Waals surface area contributed by atoms with Gasteiger partial charge in [0.15, 0.2) is 0 Å². The van der Waals surface area contributed by atoms with Crippen LogP contribution in [0, 0.1) is 5.82 Å². The van der Waals surface area contributed by atoms with Crippen LogP contribution in [0.25, 0.3) is 0 Å². The van der Waals surface area contributed by atoms with E-state index < -0.39 is 0 Å². The molecule has 1 amide bonds. The van der Waals surface area contributed by atoms with Gasteiger partial charge in [-0.15, -0.1) is 0 Å². The van der Waals surface area contributed by atoms with Crippen molar-refractivity contribution >= 4 is 17.5 Å². The molecule has 1 aromatic heterocycles. The van der Waals surface area contributed by atoms with Crippen molar-refractivity contribution in [3.8, 4) is 0 Å². The minimum Gasteiger partial charge on any atom is -0.344 e. The van der Waals surface area contributed by atoms with E-state index in [1.807, 2.05) is 6.92 Å². The highest BCUT2D eigenvalue weighted by atomic mass is 35.5. The van der Waals surface area contributed by atoms with E-state index in [1.54, 1.807) is 30.3 Å². The number of pyridine rings is 1. The lowest BCUT2D eigenvalue weighted by Crippen LogP contribution is -2.27. The first-order valence-corrected chi connectivity index (χ1v) is 6.13. The summed E-state index contributed by atoms with van der Waals surface area (Å²) in [5, 5.41) is 3.04. The monoisotopic (exact) mass is 278 g/mol. The molecule has 0 saturated heterocycles. The highest BCUT2D eigenvalue weighted by Gasteiger charge is 2.12. The maximum absolute atomic E-state index is 12.8. The molecule has 0 aliphatic carbocycles. The van der Waals surface area contributed by atoms with Crippen molar-refractivity contribution < 1.29 is 9.18 Å². The van der Waals surface area contributed by atoms with Gasteiger partial charge in [-0.2, -0.15) is 0 Å². The Balaban J connectivity index is 2.08. The highest BCUT2D eigenvalue weighted by molar-refractivity contribution is 6.29. The number of aromatic nitrogens is 1. The summed E-state index contributed by atoms with van der Waals surface area (Å²) in [4.78, 5) is 15.9. The molecule has 0 saturated carbocycles. The van der Waals surface area contributed by atoms with Crippen LogP contribution in [0.4, 0.5) is 4.39 Å². The van der Waals surface area contributed by atoms with Crippen LogP contribution in [0.2, 0.25) is 5.15 Å². The summed E-state index contributed by atoms with van der Waals surface area (Å²) in [6, 6.07) is 10.6. The van der Waals surface area contributed by atoms with E-state index in [0.29, 0.717) is 0 Å². The van der Waals surface area contributed by atoms with Gasteiger partial charge in [0.25, 0.3) is 5.91 Å². The van der Waals surface area contributed by atoms with E-state index in [4.69, 9.17) is 11.6 Å². The number of hydrogen-bond acceptors (Lipinski definition) is 2. The molecule has 1 heterocycles. The summed E-state index contributed by atoms with van der Waals surface area (Å²) < 4.78 is 12.8. The van der Waals surface area contributed by atoms with Gasteiger partial charge in [0.2, 0.25) is 0 Å². The van der Waals surface area contributed by atoms with Gasteiger partial charge in [-0.3, -0.25) is 4.79 Å². The first-order chi connectivity index (χ1) is 9.06. The normalized spacial score (nSPS) is 11.9. The van der Waals surface area contributed by atoms with Crippen LogP contribution in [-0.4, -0.2) is 10.9 Å². The van der Waals surface area contributed by atoms with Gasteiger partial charge in [0.05, 0.1) is 6.04 Å². The molecule has 0 bridgehead atoms. The van der Waals surface area contributed by atoms with Crippen LogP contribution in [0.1, 0.15) is 29.0 Å². The van der Waals surface area contributed by atoms with Crippen molar-refractivity contribution in [1.29, 1.82) is 0 Å². The van der Waals surface area contributed by atoms with Gasteiger partial charge in [0.1, 0.15) is 16.7 Å². The van der Waals surface area contributed by atoms with Crippen LogP contribution in [-0.2, 0) is 0 Å². The fourth-order valence-corrected chi connectivity index (χ4v) is 1.80. The maximum atomic E-state index is 12.8. The molecule has 0 aliphatic heterocycles. The molecule has 2 aromatic rings. The molecule has 1 aromatic carbocycles. The lowest BCUT2D eigenvalue weighted by molar-refractivity contribution is 0.0935. The minimum atomic E-state index is -0.320. The standard InChI is InChI=1S/C14H12ClFN2O/c1-9(10-5-7-11(16)8-6-10)17-14(19)12-3-2-4-13(15)18-12/h2-9H,1H3,(H,17,19). The fraction of sp³-hybridized carbons (Fsp3) is 0.143. The van der Waals surface area contributed by atoms with Crippen LogP contribution in [0.5, 0.6) is 0 Å². The van der Waals surface area contributed by atoms with Gasteiger partial charge in [-0.25, -0.2) is 9.37 Å². The summed E-state index contributed by atoms with van der Waals surface area (Å²) in [7, 11) is 0. The molecule has 1 N–H and O–H groups in total. The molecule has 5 heteroatoms. The predicted molar refractivity (Wildman–Crippen MR) is 71.5 cm³/mol. The smallest absolute Gasteiger partial charge is 0.270 e. The van der Waals surface area contributed by atoms with Crippen LogP contribution in [0.15, 0.2) is 42.5 Å². The third kappa shape index (κ3) is 3.51. The molecule has 2 rings (SSSR count). The Labute approximate surface area is 115 Å². The summed E-state index contributed by atoms with van der Waals surface area (Å²) in [5.74, 6) is -0.627. The molecule has 0 radical (unpaired) electrons. The van der Waals surface area contributed by atoms with Gasteiger partial charge >= 0.3 is 0 Å². The molecule has 98 valence electrons. The van der Waals surface area contributed by atoms with Gasteiger partial charge in [-0.1, -0.05) is 29.8 Å². The Kier molecular flexibility index (Phi) is 4.12. The molecule has 3 nitrogen and oxygen atoms in total. The van der Waals surface area contributed by atoms with Crippen molar-refractivity contribution in [2.45, 2.75) is 13.0 Å². The Morgan fingerprint density at radius 1 is 1.26 bits per heavy atom. The number of rotatable bonds is 3. The second-order valence-electron chi connectivity index (χ2n) is 4.09. The Bertz CT molecular complexity index is 586. The summed E-state index contributed by atoms with van der Waals surface area (Å²) in [5.41, 5.74) is 1.07. The molecular formula is C14H12ClFN2O. The van der Waals surface area contributed by atoms with Crippen LogP contribution in [0.3, 0.4) is 0 Å². The Hall–Kier alpha value is -1.94. The Morgan fingerprint density at radius 2 is 1.95 bits per heavy atom. The van der Waals surface area contributed by atoms with Crippen LogP contribution < -0.4 is 5.32 Å². The average molecular weight is 279 g/mol. The zero-order valence-electron chi connectivity index (χ0n) is 10.2. The van der Waals surface area contributed by atoms with Gasteiger partial charge in [0, 0.05) is 0 Å². The maximum Gasteiger partial charge on any atom is 0.270 e. The minimum absolute atomic E-state index is 0.242. The molecular weight excluding hydrogens is 267 g/mol. The van der Waals surface area contributed by atoms with Crippen molar-refractivity contribution in [1.82, 2.24) is 10.3 Å². The van der Waals surface area contributed by atoms with E-state index in [9.17, 15) is 9.18 Å². The molecule has 1 unspecified atom stereocenters. The van der Waals surface area contributed by atoms with Crippen LogP contribution >= 0.6 is 11.6 Å². The predicted octanol–water partition coefficient (Wildman–Crippen LogP) is 3.37. The number of nitrogens with zero attached hydrogens (tertiary/aromatic N) is 1. The quantitative estimate of drug-likeness (QED) is 0.875. The molecule has 0 spiro atoms. The van der Waals surface area contributed by atoms with Gasteiger partial charge in [-0.05, 0) is 36.8 Å². The third-order valence-corrected chi connectivity index (χ3v) is 2.88. The second kappa shape index (κ2) is 5.80. The fourth-order valence-electron chi connectivity index (χ4n) is 1.64. The SMILES string of the molecule is CC(NC(=O)c1cccc(Cl)n1)c1ccc(F)cc1. The number of carbonyl (C=O) groups is 1. The van der Waals surface area contributed by atoms with E-state index in [0.717, 1.165) is 5.56 Å². The topological polar surface area (TPSA) is 42.0 Å². The van der Waals surface area contributed by atoms with E-state index >= 15 is 0 Å². The third-order valence-electron chi connectivity index (χ3n) is 2.67. The number of hydrogen-bond donors (Lipinski definition) is 1. The van der Waals surface area contributed by atoms with E-state index in [2.05, 4.69) is 10.3 Å². The Morgan fingerprint density at radius 3 is 2.58 bits per heavy atom.